The summed E-state index contributed by atoms with van der Waals surface area (Å²) in [5.74, 6) is 0.958. The number of furan rings is 1. The van der Waals surface area contributed by atoms with Crippen LogP contribution in [0.5, 0.6) is 5.75 Å². The predicted octanol–water partition coefficient (Wildman–Crippen LogP) is 2.97. The van der Waals surface area contributed by atoms with Crippen LogP contribution in [0, 0.1) is 0 Å². The summed E-state index contributed by atoms with van der Waals surface area (Å²) >= 11 is 0. The summed E-state index contributed by atoms with van der Waals surface area (Å²) in [7, 11) is 1.64. The van der Waals surface area contributed by atoms with Gasteiger partial charge in [0.25, 0.3) is 0 Å². The van der Waals surface area contributed by atoms with Gasteiger partial charge in [-0.3, -0.25) is 4.79 Å². The quantitative estimate of drug-likeness (QED) is 0.885. The molecule has 1 aliphatic rings. The van der Waals surface area contributed by atoms with Crippen LogP contribution in [0.1, 0.15) is 31.7 Å². The molecule has 0 radical (unpaired) electrons. The van der Waals surface area contributed by atoms with Crippen molar-refractivity contribution in [3.05, 3.63) is 30.0 Å². The van der Waals surface area contributed by atoms with Crippen molar-refractivity contribution in [1.29, 1.82) is 0 Å². The smallest absolute Gasteiger partial charge is 0.227 e. The van der Waals surface area contributed by atoms with Crippen molar-refractivity contribution in [3.63, 3.8) is 0 Å². The molecular weight excluding hydrogens is 304 g/mol. The highest BCUT2D eigenvalue weighted by molar-refractivity contribution is 5.88. The molecule has 3 rings (SSSR count). The molecule has 0 aliphatic carbocycles. The number of nitrogens with one attached hydrogen (secondary N) is 1. The molecule has 1 N–H and O–H groups in total. The number of carbonyl (C=O) groups excluding carboxylic acids is 1. The molecule has 0 saturated carbocycles. The molecule has 130 valence electrons. The van der Waals surface area contributed by atoms with E-state index in [1.54, 1.807) is 13.4 Å². The minimum atomic E-state index is 0.197. The van der Waals surface area contributed by atoms with Gasteiger partial charge in [-0.25, -0.2) is 0 Å². The third kappa shape index (κ3) is 3.56. The molecule has 2 aromatic rings. The second-order valence-corrected chi connectivity index (χ2v) is 6.37. The van der Waals surface area contributed by atoms with Crippen molar-refractivity contribution in [2.75, 3.05) is 26.7 Å². The van der Waals surface area contributed by atoms with Gasteiger partial charge in [0, 0.05) is 29.6 Å². The molecule has 1 aromatic carbocycles. The van der Waals surface area contributed by atoms with Crippen molar-refractivity contribution in [2.24, 2.45) is 0 Å². The number of piperidine rings is 1. The Labute approximate surface area is 143 Å². The molecule has 24 heavy (non-hydrogen) atoms. The Morgan fingerprint density at radius 2 is 2.17 bits per heavy atom. The van der Waals surface area contributed by atoms with Crippen molar-refractivity contribution in [3.8, 4) is 5.75 Å². The van der Waals surface area contributed by atoms with Crippen molar-refractivity contribution in [2.45, 2.75) is 38.6 Å². The molecule has 5 nitrogen and oxygen atoms in total. The van der Waals surface area contributed by atoms with Gasteiger partial charge < -0.3 is 19.4 Å². The fraction of sp³-hybridized carbons (Fsp3) is 0.526. The van der Waals surface area contributed by atoms with Gasteiger partial charge in [-0.05, 0) is 44.5 Å². The second-order valence-electron chi connectivity index (χ2n) is 6.37. The minimum Gasteiger partial charge on any atom is -0.497 e. The first-order chi connectivity index (χ1) is 11.7. The molecule has 0 atom stereocenters. The van der Waals surface area contributed by atoms with Gasteiger partial charge in [0.1, 0.15) is 11.3 Å². The Bertz CT molecular complexity index is 689. The Hall–Kier alpha value is -2.01. The van der Waals surface area contributed by atoms with Crippen LogP contribution in [0.25, 0.3) is 11.0 Å². The monoisotopic (exact) mass is 330 g/mol. The summed E-state index contributed by atoms with van der Waals surface area (Å²) in [6, 6.07) is 6.09. The molecule has 0 unspecified atom stereocenters. The number of fused-ring (bicyclic) bond motifs is 1. The first-order valence-corrected chi connectivity index (χ1v) is 8.77. The third-order valence-electron chi connectivity index (χ3n) is 4.74. The molecule has 1 amide bonds. The molecule has 1 fully saturated rings. The van der Waals surface area contributed by atoms with Crippen molar-refractivity contribution < 1.29 is 13.9 Å². The maximum Gasteiger partial charge on any atom is 0.227 e. The molecule has 1 aliphatic heterocycles. The number of ether oxygens (including phenoxy) is 1. The molecule has 0 bridgehead atoms. The van der Waals surface area contributed by atoms with E-state index >= 15 is 0 Å². The Kier molecular flexibility index (Phi) is 5.41. The predicted molar refractivity (Wildman–Crippen MR) is 94.4 cm³/mol. The summed E-state index contributed by atoms with van der Waals surface area (Å²) < 4.78 is 10.8. The zero-order valence-electron chi connectivity index (χ0n) is 14.5. The third-order valence-corrected chi connectivity index (χ3v) is 4.74. The SMILES string of the molecule is CCCN(C(=O)Cc1coc2cc(OC)ccc12)C1CCNCC1. The van der Waals surface area contributed by atoms with Crippen LogP contribution >= 0.6 is 0 Å². The van der Waals surface area contributed by atoms with Crippen LogP contribution < -0.4 is 10.1 Å². The van der Waals surface area contributed by atoms with Crippen LogP contribution in [0.15, 0.2) is 28.9 Å². The molecule has 1 saturated heterocycles. The lowest BCUT2D eigenvalue weighted by Gasteiger charge is -2.34. The Balaban J connectivity index is 1.76. The van der Waals surface area contributed by atoms with Crippen molar-refractivity contribution >= 4 is 16.9 Å². The largest absolute Gasteiger partial charge is 0.497 e. The van der Waals surface area contributed by atoms with E-state index in [2.05, 4.69) is 17.1 Å². The molecule has 2 heterocycles. The number of amides is 1. The summed E-state index contributed by atoms with van der Waals surface area (Å²) in [6.07, 6.45) is 5.15. The lowest BCUT2D eigenvalue weighted by molar-refractivity contribution is -0.133. The highest BCUT2D eigenvalue weighted by Gasteiger charge is 2.25. The van der Waals surface area contributed by atoms with E-state index in [-0.39, 0.29) is 5.91 Å². The fourth-order valence-corrected chi connectivity index (χ4v) is 3.46. The van der Waals surface area contributed by atoms with E-state index in [9.17, 15) is 4.79 Å². The second kappa shape index (κ2) is 7.71. The average molecular weight is 330 g/mol. The number of methoxy groups -OCH3 is 1. The highest BCUT2D eigenvalue weighted by Crippen LogP contribution is 2.26. The minimum absolute atomic E-state index is 0.197. The van der Waals surface area contributed by atoms with Crippen LogP contribution in [-0.2, 0) is 11.2 Å². The first kappa shape index (κ1) is 16.8. The van der Waals surface area contributed by atoms with E-state index in [1.807, 2.05) is 18.2 Å². The number of benzene rings is 1. The summed E-state index contributed by atoms with van der Waals surface area (Å²) in [4.78, 5) is 15.0. The summed E-state index contributed by atoms with van der Waals surface area (Å²) in [6.45, 7) is 4.94. The zero-order chi connectivity index (χ0) is 16.9. The zero-order valence-corrected chi connectivity index (χ0v) is 14.5. The van der Waals surface area contributed by atoms with E-state index in [0.717, 1.165) is 61.2 Å². The van der Waals surface area contributed by atoms with E-state index in [4.69, 9.17) is 9.15 Å². The van der Waals surface area contributed by atoms with Crippen LogP contribution in [0.3, 0.4) is 0 Å². The molecule has 5 heteroatoms. The maximum absolute atomic E-state index is 12.9. The number of carbonyl (C=O) groups is 1. The number of nitrogens with zero attached hydrogens (tertiary/aromatic N) is 1. The van der Waals surface area contributed by atoms with Gasteiger partial charge in [0.2, 0.25) is 5.91 Å². The van der Waals surface area contributed by atoms with E-state index < -0.39 is 0 Å². The lowest BCUT2D eigenvalue weighted by Crippen LogP contribution is -2.47. The van der Waals surface area contributed by atoms with Gasteiger partial charge >= 0.3 is 0 Å². The van der Waals surface area contributed by atoms with Gasteiger partial charge in [0.05, 0.1) is 19.8 Å². The molecule has 0 spiro atoms. The van der Waals surface area contributed by atoms with Gasteiger partial charge in [0.15, 0.2) is 0 Å². The summed E-state index contributed by atoms with van der Waals surface area (Å²) in [5.41, 5.74) is 1.72. The maximum atomic E-state index is 12.9. The topological polar surface area (TPSA) is 54.7 Å². The molecular formula is C19H26N2O3. The van der Waals surface area contributed by atoms with Crippen LogP contribution in [0.4, 0.5) is 0 Å². The van der Waals surface area contributed by atoms with E-state index in [0.29, 0.717) is 12.5 Å². The van der Waals surface area contributed by atoms with Gasteiger partial charge in [-0.15, -0.1) is 0 Å². The number of hydrogen-bond donors (Lipinski definition) is 1. The standard InChI is InChI=1S/C19H26N2O3/c1-3-10-21(15-6-8-20-9-7-15)19(22)11-14-13-24-18-12-16(23-2)4-5-17(14)18/h4-5,12-13,15,20H,3,6-11H2,1-2H3. The average Bonchev–Trinajstić information content (AvgIpc) is 3.02. The van der Waals surface area contributed by atoms with Gasteiger partial charge in [-0.2, -0.15) is 0 Å². The van der Waals surface area contributed by atoms with E-state index in [1.165, 1.54) is 0 Å². The normalized spacial score (nSPS) is 15.6. The number of rotatable bonds is 6. The van der Waals surface area contributed by atoms with Crippen LogP contribution in [-0.4, -0.2) is 43.6 Å². The molecule has 1 aromatic heterocycles. The first-order valence-electron chi connectivity index (χ1n) is 8.77. The van der Waals surface area contributed by atoms with Crippen molar-refractivity contribution in [1.82, 2.24) is 10.2 Å². The fourth-order valence-electron chi connectivity index (χ4n) is 3.46. The lowest BCUT2D eigenvalue weighted by atomic mass is 10.0. The summed E-state index contributed by atoms with van der Waals surface area (Å²) in [5, 5.41) is 4.36. The van der Waals surface area contributed by atoms with Gasteiger partial charge in [-0.1, -0.05) is 6.92 Å². The Morgan fingerprint density at radius 3 is 2.88 bits per heavy atom. The number of hydrogen-bond acceptors (Lipinski definition) is 4. The highest BCUT2D eigenvalue weighted by atomic mass is 16.5. The van der Waals surface area contributed by atoms with Crippen LogP contribution in [0.2, 0.25) is 0 Å². The Morgan fingerprint density at radius 1 is 1.38 bits per heavy atom.